The SMILES string of the molecule is C[C@@H]1CN(C(=O)Cc2ccc(C#N)cc2)C[C@]12CCN(c1ccsc1)C2=O. The Balaban J connectivity index is 1.47. The highest BCUT2D eigenvalue weighted by molar-refractivity contribution is 7.08. The molecule has 0 radical (unpaired) electrons. The highest BCUT2D eigenvalue weighted by Crippen LogP contribution is 2.46. The van der Waals surface area contributed by atoms with Crippen LogP contribution in [0.15, 0.2) is 41.1 Å². The fourth-order valence-electron chi connectivity index (χ4n) is 4.29. The second-order valence-electron chi connectivity index (χ2n) is 7.51. The molecule has 3 heterocycles. The van der Waals surface area contributed by atoms with E-state index in [0.717, 1.165) is 24.2 Å². The van der Waals surface area contributed by atoms with Crippen molar-refractivity contribution >= 4 is 28.8 Å². The number of thiophene rings is 1. The van der Waals surface area contributed by atoms with E-state index in [9.17, 15) is 9.59 Å². The van der Waals surface area contributed by atoms with Gasteiger partial charge in [0.1, 0.15) is 0 Å². The predicted molar refractivity (Wildman–Crippen MR) is 104 cm³/mol. The lowest BCUT2D eigenvalue weighted by molar-refractivity contribution is -0.130. The van der Waals surface area contributed by atoms with Gasteiger partial charge in [-0.25, -0.2) is 0 Å². The molecule has 2 aliphatic heterocycles. The molecule has 0 unspecified atom stereocenters. The van der Waals surface area contributed by atoms with E-state index in [-0.39, 0.29) is 17.7 Å². The number of benzene rings is 1. The maximum absolute atomic E-state index is 13.2. The van der Waals surface area contributed by atoms with Crippen molar-refractivity contribution in [3.8, 4) is 6.07 Å². The van der Waals surface area contributed by atoms with Crippen LogP contribution < -0.4 is 4.90 Å². The second-order valence-corrected chi connectivity index (χ2v) is 8.29. The van der Waals surface area contributed by atoms with Crippen molar-refractivity contribution in [2.24, 2.45) is 11.3 Å². The van der Waals surface area contributed by atoms with Crippen LogP contribution in [0.5, 0.6) is 0 Å². The Morgan fingerprint density at radius 3 is 2.78 bits per heavy atom. The van der Waals surface area contributed by atoms with Crippen LogP contribution in [-0.2, 0) is 16.0 Å². The molecule has 2 aliphatic rings. The largest absolute Gasteiger partial charge is 0.341 e. The summed E-state index contributed by atoms with van der Waals surface area (Å²) in [5.41, 5.74) is 1.99. The van der Waals surface area contributed by atoms with Crippen molar-refractivity contribution in [1.82, 2.24) is 4.90 Å². The molecule has 1 spiro atoms. The Morgan fingerprint density at radius 1 is 1.33 bits per heavy atom. The Bertz CT molecular complexity index is 901. The second kappa shape index (κ2) is 6.82. The monoisotopic (exact) mass is 379 g/mol. The molecule has 0 N–H and O–H groups in total. The molecule has 2 atom stereocenters. The van der Waals surface area contributed by atoms with Gasteiger partial charge >= 0.3 is 0 Å². The molecule has 1 aromatic carbocycles. The fourth-order valence-corrected chi connectivity index (χ4v) is 4.93. The lowest BCUT2D eigenvalue weighted by atomic mass is 9.78. The molecule has 6 heteroatoms. The molecule has 2 aromatic rings. The summed E-state index contributed by atoms with van der Waals surface area (Å²) in [5, 5.41) is 12.9. The van der Waals surface area contributed by atoms with Gasteiger partial charge in [0.2, 0.25) is 11.8 Å². The van der Waals surface area contributed by atoms with Crippen LogP contribution in [0.25, 0.3) is 0 Å². The van der Waals surface area contributed by atoms with Gasteiger partial charge in [0.25, 0.3) is 0 Å². The summed E-state index contributed by atoms with van der Waals surface area (Å²) >= 11 is 1.59. The number of rotatable bonds is 3. The number of nitrogens with zero attached hydrogens (tertiary/aromatic N) is 3. The number of nitriles is 1. The van der Waals surface area contributed by atoms with E-state index in [1.54, 1.807) is 23.5 Å². The highest BCUT2D eigenvalue weighted by atomic mass is 32.1. The summed E-state index contributed by atoms with van der Waals surface area (Å²) in [4.78, 5) is 29.7. The van der Waals surface area contributed by atoms with Crippen molar-refractivity contribution in [2.75, 3.05) is 24.5 Å². The molecule has 0 aliphatic carbocycles. The zero-order valence-corrected chi connectivity index (χ0v) is 16.0. The first kappa shape index (κ1) is 17.7. The quantitative estimate of drug-likeness (QED) is 0.823. The molecule has 0 saturated carbocycles. The Morgan fingerprint density at radius 2 is 2.11 bits per heavy atom. The first-order chi connectivity index (χ1) is 13.0. The van der Waals surface area contributed by atoms with Crippen molar-refractivity contribution < 1.29 is 9.59 Å². The number of anilines is 1. The van der Waals surface area contributed by atoms with Gasteiger partial charge < -0.3 is 9.80 Å². The van der Waals surface area contributed by atoms with Gasteiger partial charge in [0, 0.05) is 25.0 Å². The van der Waals surface area contributed by atoms with Crippen LogP contribution in [0.1, 0.15) is 24.5 Å². The highest BCUT2D eigenvalue weighted by Gasteiger charge is 2.56. The number of hydrogen-bond acceptors (Lipinski definition) is 4. The van der Waals surface area contributed by atoms with Gasteiger partial charge in [-0.1, -0.05) is 19.1 Å². The molecule has 0 bridgehead atoms. The minimum absolute atomic E-state index is 0.0465. The van der Waals surface area contributed by atoms with Crippen LogP contribution in [0.4, 0.5) is 5.69 Å². The van der Waals surface area contributed by atoms with E-state index < -0.39 is 5.41 Å². The Labute approximate surface area is 162 Å². The average molecular weight is 379 g/mol. The van der Waals surface area contributed by atoms with Crippen molar-refractivity contribution in [2.45, 2.75) is 19.8 Å². The molecular formula is C21H21N3O2S. The van der Waals surface area contributed by atoms with Crippen LogP contribution in [0.2, 0.25) is 0 Å². The summed E-state index contributed by atoms with van der Waals surface area (Å²) in [5.74, 6) is 0.353. The normalized spacial score (nSPS) is 24.6. The molecule has 27 heavy (non-hydrogen) atoms. The van der Waals surface area contributed by atoms with E-state index in [1.807, 2.05) is 38.8 Å². The third-order valence-corrected chi connectivity index (χ3v) is 6.64. The van der Waals surface area contributed by atoms with Crippen LogP contribution in [0, 0.1) is 22.7 Å². The van der Waals surface area contributed by atoms with Gasteiger partial charge in [-0.15, -0.1) is 0 Å². The summed E-state index contributed by atoms with van der Waals surface area (Å²) in [7, 11) is 0. The molecule has 5 nitrogen and oxygen atoms in total. The van der Waals surface area contributed by atoms with Gasteiger partial charge in [0.05, 0.1) is 29.2 Å². The molecule has 4 rings (SSSR count). The minimum Gasteiger partial charge on any atom is -0.341 e. The van der Waals surface area contributed by atoms with E-state index in [0.29, 0.717) is 25.1 Å². The smallest absolute Gasteiger partial charge is 0.235 e. The average Bonchev–Trinajstić information content (AvgIpc) is 3.38. The van der Waals surface area contributed by atoms with Crippen molar-refractivity contribution in [1.29, 1.82) is 5.26 Å². The third-order valence-electron chi connectivity index (χ3n) is 5.97. The molecule has 138 valence electrons. The molecule has 2 amide bonds. The summed E-state index contributed by atoms with van der Waals surface area (Å²) < 4.78 is 0. The number of carbonyl (C=O) groups is 2. The maximum Gasteiger partial charge on any atom is 0.235 e. The molecular weight excluding hydrogens is 358 g/mol. The summed E-state index contributed by atoms with van der Waals surface area (Å²) in [6.07, 6.45) is 1.10. The lowest BCUT2D eigenvalue weighted by Crippen LogP contribution is -2.40. The van der Waals surface area contributed by atoms with E-state index >= 15 is 0 Å². The zero-order valence-electron chi connectivity index (χ0n) is 15.2. The first-order valence-corrected chi connectivity index (χ1v) is 10.1. The van der Waals surface area contributed by atoms with Crippen molar-refractivity contribution in [3.05, 3.63) is 52.2 Å². The van der Waals surface area contributed by atoms with Crippen LogP contribution >= 0.6 is 11.3 Å². The first-order valence-electron chi connectivity index (χ1n) is 9.14. The van der Waals surface area contributed by atoms with E-state index in [4.69, 9.17) is 5.26 Å². The molecule has 2 saturated heterocycles. The van der Waals surface area contributed by atoms with E-state index in [2.05, 4.69) is 13.0 Å². The summed E-state index contributed by atoms with van der Waals surface area (Å²) in [6, 6.07) is 11.2. The summed E-state index contributed by atoms with van der Waals surface area (Å²) in [6.45, 7) is 3.93. The third kappa shape index (κ3) is 3.02. The fraction of sp³-hybridized carbons (Fsp3) is 0.381. The Hall–Kier alpha value is -2.65. The number of carbonyl (C=O) groups excluding carboxylic acids is 2. The number of likely N-dealkylation sites (tertiary alicyclic amines) is 1. The van der Waals surface area contributed by atoms with Crippen LogP contribution in [-0.4, -0.2) is 36.3 Å². The standard InChI is InChI=1S/C21H21N3O2S/c1-15-12-23(19(25)10-16-2-4-17(11-22)5-3-16)14-21(15)7-8-24(20(21)26)18-6-9-27-13-18/h2-6,9,13,15H,7-8,10,12,14H2,1H3/t15-,21-/m1/s1. The van der Waals surface area contributed by atoms with E-state index in [1.165, 1.54) is 0 Å². The van der Waals surface area contributed by atoms with Gasteiger partial charge in [-0.2, -0.15) is 16.6 Å². The number of amides is 2. The zero-order chi connectivity index (χ0) is 19.0. The van der Waals surface area contributed by atoms with Gasteiger partial charge in [-0.3, -0.25) is 9.59 Å². The predicted octanol–water partition coefficient (Wildman–Crippen LogP) is 3.06. The van der Waals surface area contributed by atoms with Crippen LogP contribution in [0.3, 0.4) is 0 Å². The Kier molecular flexibility index (Phi) is 4.48. The molecule has 1 aromatic heterocycles. The lowest BCUT2D eigenvalue weighted by Gasteiger charge is -2.26. The minimum atomic E-state index is -0.456. The van der Waals surface area contributed by atoms with Crippen molar-refractivity contribution in [3.63, 3.8) is 0 Å². The van der Waals surface area contributed by atoms with Gasteiger partial charge in [0.15, 0.2) is 0 Å². The topological polar surface area (TPSA) is 64.4 Å². The van der Waals surface area contributed by atoms with Gasteiger partial charge in [-0.05, 0) is 41.5 Å². The molecule has 2 fully saturated rings. The maximum atomic E-state index is 13.2. The number of hydrogen-bond donors (Lipinski definition) is 0.